The summed E-state index contributed by atoms with van der Waals surface area (Å²) >= 11 is 0. The van der Waals surface area contributed by atoms with Crippen LogP contribution >= 0.6 is 0 Å². The van der Waals surface area contributed by atoms with Crippen molar-refractivity contribution in [3.63, 3.8) is 0 Å². The molecule has 8 aromatic carbocycles. The van der Waals surface area contributed by atoms with Crippen LogP contribution < -0.4 is 19.3 Å². The summed E-state index contributed by atoms with van der Waals surface area (Å²) in [4.78, 5) is 4.13. The minimum Gasteiger partial charge on any atom is -0.491 e. The third-order valence-corrected chi connectivity index (χ3v) is 10.9. The van der Waals surface area contributed by atoms with Crippen molar-refractivity contribution < 1.29 is 27.0 Å². The third kappa shape index (κ3) is 6.24. The van der Waals surface area contributed by atoms with Gasteiger partial charge in [0.1, 0.15) is 0 Å². The lowest BCUT2D eigenvalue weighted by Gasteiger charge is -2.36. The molecule has 8 heteroatoms. The van der Waals surface area contributed by atoms with Crippen molar-refractivity contribution in [1.29, 1.82) is 0 Å². The van der Waals surface area contributed by atoms with E-state index in [9.17, 15) is 0 Å². The van der Waals surface area contributed by atoms with Gasteiger partial charge < -0.3 is 19.3 Å². The number of ether oxygens (including phenoxy) is 2. The summed E-state index contributed by atoms with van der Waals surface area (Å²) in [6.07, 6.45) is 0. The molecule has 0 radical (unpaired) electrons. The van der Waals surface area contributed by atoms with E-state index in [4.69, 9.17) is 9.47 Å². The molecule has 0 saturated heterocycles. The minimum atomic E-state index is -1.70. The van der Waals surface area contributed by atoms with E-state index >= 15 is 17.6 Å². The Labute approximate surface area is 339 Å². The van der Waals surface area contributed by atoms with Crippen molar-refractivity contribution in [2.24, 2.45) is 0 Å². The van der Waals surface area contributed by atoms with Crippen LogP contribution in [0.5, 0.6) is 11.5 Å². The van der Waals surface area contributed by atoms with Crippen molar-refractivity contribution >= 4 is 34.1 Å². The summed E-state index contributed by atoms with van der Waals surface area (Å²) < 4.78 is 75.2. The second-order valence-corrected chi connectivity index (χ2v) is 14.2. The monoisotopic (exact) mass is 784 g/mol. The van der Waals surface area contributed by atoms with Crippen LogP contribution in [-0.4, -0.2) is 14.2 Å². The molecule has 1 aliphatic rings. The Morgan fingerprint density at radius 2 is 0.644 bits per heavy atom. The Balaban J connectivity index is 1.41. The molecule has 0 spiro atoms. The molecule has 59 heavy (non-hydrogen) atoms. The summed E-state index contributed by atoms with van der Waals surface area (Å²) in [6, 6.07) is 55.7. The lowest BCUT2D eigenvalue weighted by molar-refractivity contribution is 0.357. The van der Waals surface area contributed by atoms with E-state index in [0.717, 1.165) is 33.9 Å². The highest BCUT2D eigenvalue weighted by Gasteiger charge is 2.48. The van der Waals surface area contributed by atoms with Crippen molar-refractivity contribution in [3.8, 4) is 22.6 Å². The summed E-state index contributed by atoms with van der Waals surface area (Å²) in [5.74, 6) is -5.02. The Kier molecular flexibility index (Phi) is 9.61. The third-order valence-electron chi connectivity index (χ3n) is 10.9. The number of nitrogens with zero attached hydrogens (tertiary/aromatic N) is 2. The van der Waals surface area contributed by atoms with Crippen LogP contribution in [0.3, 0.4) is 0 Å². The fourth-order valence-electron chi connectivity index (χ4n) is 8.51. The molecule has 0 saturated carbocycles. The number of hydrogen-bond acceptors (Lipinski definition) is 4. The van der Waals surface area contributed by atoms with Gasteiger partial charge in [0.25, 0.3) is 0 Å². The molecule has 0 bridgehead atoms. The first kappa shape index (κ1) is 37.3. The van der Waals surface area contributed by atoms with Crippen LogP contribution in [0.2, 0.25) is 0 Å². The zero-order valence-electron chi connectivity index (χ0n) is 32.0. The Morgan fingerprint density at radius 1 is 0.356 bits per heavy atom. The second-order valence-electron chi connectivity index (χ2n) is 14.2. The van der Waals surface area contributed by atoms with E-state index in [1.54, 1.807) is 0 Å². The van der Waals surface area contributed by atoms with Gasteiger partial charge in [-0.05, 0) is 130 Å². The standard InChI is InChI=1S/C51H36F4N2O2/c1-58-49-45(52)27-33(28-46(49)53)51(34-29-47(54)50(59-2)48(55)30-34)43-31-39(56(35-15-7-3-8-16-35)36-17-9-4-10-18-36)23-25-41(43)42-26-24-40(32-44(42)51)57(37-19-11-5-12-20-37)38-21-13-6-14-22-38/h3-32H,1-2H3. The zero-order valence-corrected chi connectivity index (χ0v) is 32.0. The summed E-state index contributed by atoms with van der Waals surface area (Å²) in [5.41, 5.74) is 5.87. The molecule has 0 aromatic heterocycles. The van der Waals surface area contributed by atoms with E-state index in [0.29, 0.717) is 22.5 Å². The Hall–Kier alpha value is -7.32. The second kappa shape index (κ2) is 15.2. The molecule has 0 amide bonds. The topological polar surface area (TPSA) is 24.9 Å². The van der Waals surface area contributed by atoms with E-state index in [1.165, 1.54) is 38.5 Å². The summed E-state index contributed by atoms with van der Waals surface area (Å²) in [5, 5.41) is 0. The lowest BCUT2D eigenvalue weighted by Crippen LogP contribution is -2.30. The van der Waals surface area contributed by atoms with Crippen LogP contribution in [0.25, 0.3) is 11.1 Å². The van der Waals surface area contributed by atoms with E-state index < -0.39 is 40.2 Å². The number of hydrogen-bond donors (Lipinski definition) is 0. The van der Waals surface area contributed by atoms with Gasteiger partial charge in [0.2, 0.25) is 0 Å². The summed E-state index contributed by atoms with van der Waals surface area (Å²) in [7, 11) is 2.38. The van der Waals surface area contributed by atoms with Gasteiger partial charge in [0, 0.05) is 34.1 Å². The average molecular weight is 785 g/mol. The maximum Gasteiger partial charge on any atom is 0.190 e. The SMILES string of the molecule is COc1c(F)cc(C2(c3cc(F)c(OC)c(F)c3)c3cc(N(c4ccccc4)c4ccccc4)ccc3-c3ccc(N(c4ccccc4)c4ccccc4)cc32)cc1F. The number of benzene rings is 8. The number of rotatable bonds is 10. The predicted molar refractivity (Wildman–Crippen MR) is 226 cm³/mol. The first-order chi connectivity index (χ1) is 28.8. The van der Waals surface area contributed by atoms with Gasteiger partial charge in [0.05, 0.1) is 19.6 Å². The van der Waals surface area contributed by atoms with Gasteiger partial charge in [-0.3, -0.25) is 0 Å². The fourth-order valence-corrected chi connectivity index (χ4v) is 8.51. The van der Waals surface area contributed by atoms with Gasteiger partial charge in [0.15, 0.2) is 34.8 Å². The average Bonchev–Trinajstić information content (AvgIpc) is 3.55. The zero-order chi connectivity index (χ0) is 40.7. The molecule has 0 unspecified atom stereocenters. The molecular weight excluding hydrogens is 749 g/mol. The van der Waals surface area contributed by atoms with E-state index in [1.807, 2.05) is 158 Å². The largest absolute Gasteiger partial charge is 0.491 e. The van der Waals surface area contributed by atoms with Crippen LogP contribution in [0, 0.1) is 23.3 Å². The number of methoxy groups -OCH3 is 2. The van der Waals surface area contributed by atoms with Crippen LogP contribution in [0.15, 0.2) is 182 Å². The van der Waals surface area contributed by atoms with Crippen LogP contribution in [0.1, 0.15) is 22.3 Å². The molecule has 8 aromatic rings. The highest BCUT2D eigenvalue weighted by molar-refractivity contribution is 5.92. The van der Waals surface area contributed by atoms with Gasteiger partial charge >= 0.3 is 0 Å². The van der Waals surface area contributed by atoms with Gasteiger partial charge in [-0.2, -0.15) is 0 Å². The molecule has 0 atom stereocenters. The van der Waals surface area contributed by atoms with Crippen molar-refractivity contribution in [2.75, 3.05) is 24.0 Å². The highest BCUT2D eigenvalue weighted by Crippen LogP contribution is 2.59. The molecule has 9 rings (SSSR count). The Morgan fingerprint density at radius 3 is 0.915 bits per heavy atom. The minimum absolute atomic E-state index is 0.100. The van der Waals surface area contributed by atoms with Crippen molar-refractivity contribution in [3.05, 3.63) is 228 Å². The van der Waals surface area contributed by atoms with E-state index in [-0.39, 0.29) is 11.1 Å². The quantitative estimate of drug-likeness (QED) is 0.129. The predicted octanol–water partition coefficient (Wildman–Crippen LogP) is 13.6. The molecule has 0 fully saturated rings. The van der Waals surface area contributed by atoms with Gasteiger partial charge in [-0.25, -0.2) is 17.6 Å². The van der Waals surface area contributed by atoms with Gasteiger partial charge in [-0.1, -0.05) is 84.9 Å². The van der Waals surface area contributed by atoms with Crippen molar-refractivity contribution in [2.45, 2.75) is 5.41 Å². The van der Waals surface area contributed by atoms with Crippen LogP contribution in [0.4, 0.5) is 51.7 Å². The van der Waals surface area contributed by atoms with Crippen LogP contribution in [-0.2, 0) is 5.41 Å². The molecule has 0 heterocycles. The molecule has 290 valence electrons. The maximum absolute atomic E-state index is 16.2. The van der Waals surface area contributed by atoms with Crippen molar-refractivity contribution in [1.82, 2.24) is 0 Å². The van der Waals surface area contributed by atoms with E-state index in [2.05, 4.69) is 9.80 Å². The number of anilines is 6. The molecule has 1 aliphatic carbocycles. The smallest absolute Gasteiger partial charge is 0.190 e. The highest BCUT2D eigenvalue weighted by atomic mass is 19.1. The van der Waals surface area contributed by atoms with Gasteiger partial charge in [-0.15, -0.1) is 0 Å². The first-order valence-corrected chi connectivity index (χ1v) is 19.0. The molecule has 0 N–H and O–H groups in total. The Bertz CT molecular complexity index is 2480. The molecule has 0 aliphatic heterocycles. The lowest BCUT2D eigenvalue weighted by atomic mass is 9.67. The normalized spacial score (nSPS) is 12.4. The number of fused-ring (bicyclic) bond motifs is 3. The fraction of sp³-hybridized carbons (Fsp3) is 0.0588. The molecular formula is C51H36F4N2O2. The number of para-hydroxylation sites is 4. The summed E-state index contributed by atoms with van der Waals surface area (Å²) in [6.45, 7) is 0. The first-order valence-electron chi connectivity index (χ1n) is 19.0. The number of halogens is 4. The molecule has 4 nitrogen and oxygen atoms in total. The maximum atomic E-state index is 16.2.